The Hall–Kier alpha value is -2.94. The molecule has 1 unspecified atom stereocenters. The highest BCUT2D eigenvalue weighted by atomic mass is 35.5. The third-order valence-electron chi connectivity index (χ3n) is 5.17. The van der Waals surface area contributed by atoms with E-state index in [9.17, 15) is 27.9 Å². The van der Waals surface area contributed by atoms with Crippen LogP contribution in [0.3, 0.4) is 0 Å². The van der Waals surface area contributed by atoms with E-state index in [1.54, 1.807) is 31.3 Å². The van der Waals surface area contributed by atoms with Crippen LogP contribution in [-0.4, -0.2) is 28.0 Å². The van der Waals surface area contributed by atoms with E-state index >= 15 is 0 Å². The highest BCUT2D eigenvalue weighted by Crippen LogP contribution is 2.43. The fraction of sp³-hybridized carbons (Fsp3) is 0.208. The zero-order chi connectivity index (χ0) is 25.1. The highest BCUT2D eigenvalue weighted by molar-refractivity contribution is 6.34. The van der Waals surface area contributed by atoms with Crippen LogP contribution < -0.4 is 5.32 Å². The maximum Gasteiger partial charge on any atom is 0.421 e. The van der Waals surface area contributed by atoms with Crippen molar-refractivity contribution in [3.8, 4) is 0 Å². The largest absolute Gasteiger partial charge is 0.421 e. The number of aromatic nitrogens is 1. The average Bonchev–Trinajstić information content (AvgIpc) is 2.76. The first-order valence-corrected chi connectivity index (χ1v) is 10.7. The van der Waals surface area contributed by atoms with Gasteiger partial charge in [-0.1, -0.05) is 35.3 Å². The number of nitrogens with one attached hydrogen (secondary N) is 1. The van der Waals surface area contributed by atoms with E-state index in [1.807, 2.05) is 0 Å². The van der Waals surface area contributed by atoms with Crippen molar-refractivity contribution in [2.24, 2.45) is 0 Å². The van der Waals surface area contributed by atoms with Crippen LogP contribution in [0, 0.1) is 6.92 Å². The van der Waals surface area contributed by atoms with Crippen LogP contribution in [0.4, 0.5) is 13.2 Å². The lowest BCUT2D eigenvalue weighted by molar-refractivity contribution is -0.264. The molecule has 0 bridgehead atoms. The number of aliphatic hydroxyl groups is 1. The average molecular weight is 511 g/mol. The molecule has 0 aliphatic rings. The predicted molar refractivity (Wildman–Crippen MR) is 122 cm³/mol. The van der Waals surface area contributed by atoms with Gasteiger partial charge < -0.3 is 10.4 Å². The molecule has 1 atom stereocenters. The minimum Gasteiger partial charge on any atom is -0.376 e. The minimum absolute atomic E-state index is 0.0884. The van der Waals surface area contributed by atoms with Crippen molar-refractivity contribution in [2.75, 3.05) is 0 Å². The van der Waals surface area contributed by atoms with Crippen molar-refractivity contribution < 1.29 is 27.9 Å². The van der Waals surface area contributed by atoms with E-state index in [1.165, 1.54) is 24.3 Å². The predicted octanol–water partition coefficient (Wildman–Crippen LogP) is 5.65. The van der Waals surface area contributed by atoms with E-state index in [0.29, 0.717) is 11.3 Å². The van der Waals surface area contributed by atoms with E-state index in [0.717, 1.165) is 12.1 Å². The number of ketones is 1. The zero-order valence-electron chi connectivity index (χ0n) is 17.8. The Labute approximate surface area is 203 Å². The molecule has 0 fully saturated rings. The van der Waals surface area contributed by atoms with Crippen LogP contribution in [-0.2, 0) is 12.1 Å². The van der Waals surface area contributed by atoms with E-state index in [2.05, 4.69) is 10.3 Å². The lowest BCUT2D eigenvalue weighted by Crippen LogP contribution is -2.44. The van der Waals surface area contributed by atoms with Gasteiger partial charge in [-0.15, -0.1) is 0 Å². The monoisotopic (exact) mass is 510 g/mol. The number of carbonyl (C=O) groups excluding carboxylic acids is 2. The van der Waals surface area contributed by atoms with Gasteiger partial charge in [0, 0.05) is 27.4 Å². The third-order valence-corrected chi connectivity index (χ3v) is 5.61. The maximum atomic E-state index is 13.9. The molecule has 5 nitrogen and oxygen atoms in total. The Bertz CT molecular complexity index is 1200. The Morgan fingerprint density at radius 1 is 1.03 bits per heavy atom. The molecule has 34 heavy (non-hydrogen) atoms. The Morgan fingerprint density at radius 2 is 1.71 bits per heavy atom. The summed E-state index contributed by atoms with van der Waals surface area (Å²) in [5, 5.41) is 13.0. The first-order valence-electron chi connectivity index (χ1n) is 9.98. The molecule has 178 valence electrons. The number of hydrogen-bond acceptors (Lipinski definition) is 4. The summed E-state index contributed by atoms with van der Waals surface area (Å²) < 4.78 is 41.6. The van der Waals surface area contributed by atoms with Crippen molar-refractivity contribution >= 4 is 34.9 Å². The van der Waals surface area contributed by atoms with Crippen molar-refractivity contribution in [2.45, 2.75) is 31.7 Å². The van der Waals surface area contributed by atoms with Gasteiger partial charge in [0.2, 0.25) is 0 Å². The van der Waals surface area contributed by atoms with Crippen molar-refractivity contribution in [1.82, 2.24) is 10.3 Å². The Morgan fingerprint density at radius 3 is 2.26 bits per heavy atom. The molecule has 0 aliphatic carbocycles. The van der Waals surface area contributed by atoms with Gasteiger partial charge >= 0.3 is 6.18 Å². The third kappa shape index (κ3) is 5.75. The molecule has 10 heteroatoms. The number of alkyl halides is 3. The quantitative estimate of drug-likeness (QED) is 0.402. The van der Waals surface area contributed by atoms with Gasteiger partial charge in [-0.2, -0.15) is 13.2 Å². The smallest absolute Gasteiger partial charge is 0.376 e. The number of Topliss-reactive ketones (excluding diaryl/α,β-unsaturated/α-hetero) is 1. The number of hydrogen-bond donors (Lipinski definition) is 2. The number of aryl methyl sites for hydroxylation is 1. The maximum absolute atomic E-state index is 13.9. The number of amides is 1. The van der Waals surface area contributed by atoms with Crippen LogP contribution in [0.15, 0.2) is 60.8 Å². The van der Waals surface area contributed by atoms with Gasteiger partial charge in [0.25, 0.3) is 5.91 Å². The number of pyridine rings is 1. The van der Waals surface area contributed by atoms with Gasteiger partial charge in [0.1, 0.15) is 0 Å². The summed E-state index contributed by atoms with van der Waals surface area (Å²) >= 11 is 11.6. The first kappa shape index (κ1) is 25.7. The summed E-state index contributed by atoms with van der Waals surface area (Å²) in [5.41, 5.74) is -2.97. The molecule has 0 saturated heterocycles. The van der Waals surface area contributed by atoms with Crippen LogP contribution in [0.1, 0.15) is 44.0 Å². The number of nitrogens with zero attached hydrogens (tertiary/aromatic N) is 1. The SMILES string of the molecule is Cc1cc(C(=O)CC(O)(c2cc(Cl)cc(Cl)c2)C(F)(F)F)ccc1C(=O)NCc1ccccn1. The standard InChI is InChI=1S/C24H19Cl2F3N2O3/c1-14-8-15(5-6-20(14)22(33)31-13-19-4-2-3-7-30-19)21(32)12-23(34,24(27,28)29)16-9-17(25)11-18(26)10-16/h2-11,34H,12-13H2,1H3,(H,31,33). The summed E-state index contributed by atoms with van der Waals surface area (Å²) in [7, 11) is 0. The lowest BCUT2D eigenvalue weighted by atomic mass is 9.86. The molecule has 0 saturated carbocycles. The second-order valence-corrected chi connectivity index (χ2v) is 8.52. The second-order valence-electron chi connectivity index (χ2n) is 7.65. The van der Waals surface area contributed by atoms with Crippen molar-refractivity contribution in [1.29, 1.82) is 0 Å². The fourth-order valence-corrected chi connectivity index (χ4v) is 3.88. The normalized spacial score (nSPS) is 13.3. The van der Waals surface area contributed by atoms with Crippen LogP contribution >= 0.6 is 23.2 Å². The van der Waals surface area contributed by atoms with Crippen molar-refractivity contribution in [3.63, 3.8) is 0 Å². The second kappa shape index (κ2) is 10.1. The fourth-order valence-electron chi connectivity index (χ4n) is 3.35. The molecular formula is C24H19Cl2F3N2O3. The number of benzene rings is 2. The minimum atomic E-state index is -5.18. The first-order chi connectivity index (χ1) is 15.9. The van der Waals surface area contributed by atoms with Crippen LogP contribution in [0.25, 0.3) is 0 Å². The van der Waals surface area contributed by atoms with E-state index in [-0.39, 0.29) is 27.7 Å². The summed E-state index contributed by atoms with van der Waals surface area (Å²) in [6, 6.07) is 12.2. The summed E-state index contributed by atoms with van der Waals surface area (Å²) in [6.45, 7) is 1.74. The molecular weight excluding hydrogens is 492 g/mol. The van der Waals surface area contributed by atoms with Gasteiger partial charge in [0.15, 0.2) is 11.4 Å². The van der Waals surface area contributed by atoms with Crippen LogP contribution in [0.5, 0.6) is 0 Å². The Kier molecular flexibility index (Phi) is 7.65. The summed E-state index contributed by atoms with van der Waals surface area (Å²) in [4.78, 5) is 29.4. The molecule has 3 rings (SSSR count). The highest BCUT2D eigenvalue weighted by Gasteiger charge is 2.56. The zero-order valence-corrected chi connectivity index (χ0v) is 19.3. The molecule has 3 aromatic rings. The summed E-state index contributed by atoms with van der Waals surface area (Å²) in [6.07, 6.45) is -4.89. The van der Waals surface area contributed by atoms with E-state index < -0.39 is 35.5 Å². The molecule has 1 heterocycles. The van der Waals surface area contributed by atoms with Gasteiger partial charge in [-0.25, -0.2) is 0 Å². The molecule has 2 aromatic carbocycles. The topological polar surface area (TPSA) is 79.3 Å². The molecule has 2 N–H and O–H groups in total. The van der Waals surface area contributed by atoms with Gasteiger partial charge in [-0.3, -0.25) is 14.6 Å². The van der Waals surface area contributed by atoms with Crippen LogP contribution in [0.2, 0.25) is 10.0 Å². The molecule has 1 amide bonds. The van der Waals surface area contributed by atoms with Gasteiger partial charge in [0.05, 0.1) is 18.7 Å². The van der Waals surface area contributed by atoms with Crippen molar-refractivity contribution in [3.05, 3.63) is 98.8 Å². The number of rotatable bonds is 7. The summed E-state index contributed by atoms with van der Waals surface area (Å²) in [5.74, 6) is -1.40. The molecule has 1 aromatic heterocycles. The van der Waals surface area contributed by atoms with E-state index in [4.69, 9.17) is 23.2 Å². The number of halogens is 5. The molecule has 0 aliphatic heterocycles. The Balaban J connectivity index is 1.81. The number of carbonyl (C=O) groups is 2. The van der Waals surface area contributed by atoms with Gasteiger partial charge in [-0.05, 0) is 60.5 Å². The molecule has 0 spiro atoms. The lowest BCUT2D eigenvalue weighted by Gasteiger charge is -2.30. The molecule has 0 radical (unpaired) electrons.